The lowest BCUT2D eigenvalue weighted by atomic mass is 10.1. The molecule has 0 radical (unpaired) electrons. The monoisotopic (exact) mass is 333 g/mol. The summed E-state index contributed by atoms with van der Waals surface area (Å²) in [7, 11) is 0. The third kappa shape index (κ3) is 2.90. The summed E-state index contributed by atoms with van der Waals surface area (Å²) < 4.78 is 5.78. The van der Waals surface area contributed by atoms with Crippen LogP contribution in [0.5, 0.6) is 5.88 Å². The molecule has 1 saturated heterocycles. The van der Waals surface area contributed by atoms with E-state index >= 15 is 0 Å². The molecule has 0 unspecified atom stereocenters. The average Bonchev–Trinajstić information content (AvgIpc) is 3.30. The Labute approximate surface area is 143 Å². The van der Waals surface area contributed by atoms with Crippen LogP contribution in [-0.4, -0.2) is 45.0 Å². The summed E-state index contributed by atoms with van der Waals surface area (Å²) in [6.07, 6.45) is 5.29. The standard InChI is InChI=1S/C18H15N5O2/c19-10-16-17(22-7-6-21-16)25-14-4-8-23(11-14)18(24)13-2-1-12-3-5-20-15(12)9-13/h1-3,5-7,9,14,20H,4,8,11H2/t14-/m0/s1. The maximum Gasteiger partial charge on any atom is 0.254 e. The quantitative estimate of drug-likeness (QED) is 0.792. The highest BCUT2D eigenvalue weighted by Crippen LogP contribution is 2.21. The fourth-order valence-corrected chi connectivity index (χ4v) is 3.02. The van der Waals surface area contributed by atoms with Crippen LogP contribution >= 0.6 is 0 Å². The molecule has 1 amide bonds. The van der Waals surface area contributed by atoms with E-state index in [1.165, 1.54) is 12.4 Å². The number of H-pyrrole nitrogens is 1. The minimum atomic E-state index is -0.193. The highest BCUT2D eigenvalue weighted by atomic mass is 16.5. The summed E-state index contributed by atoms with van der Waals surface area (Å²) in [5.41, 5.74) is 1.74. The van der Waals surface area contributed by atoms with Crippen LogP contribution in [0.25, 0.3) is 10.9 Å². The first-order valence-corrected chi connectivity index (χ1v) is 7.99. The number of carbonyl (C=O) groups is 1. The normalized spacial score (nSPS) is 16.8. The number of fused-ring (bicyclic) bond motifs is 1. The third-order valence-electron chi connectivity index (χ3n) is 4.28. The molecule has 1 aliphatic rings. The van der Waals surface area contributed by atoms with Crippen LogP contribution in [0.3, 0.4) is 0 Å². The van der Waals surface area contributed by atoms with Gasteiger partial charge in [-0.15, -0.1) is 0 Å². The second kappa shape index (κ2) is 6.24. The number of rotatable bonds is 3. The molecular weight excluding hydrogens is 318 g/mol. The molecule has 1 fully saturated rings. The van der Waals surface area contributed by atoms with E-state index in [2.05, 4.69) is 15.0 Å². The summed E-state index contributed by atoms with van der Waals surface area (Å²) >= 11 is 0. The van der Waals surface area contributed by atoms with E-state index in [0.29, 0.717) is 25.1 Å². The molecular formula is C18H15N5O2. The van der Waals surface area contributed by atoms with Crippen molar-refractivity contribution in [1.29, 1.82) is 5.26 Å². The minimum absolute atomic E-state index is 0.0257. The molecule has 124 valence electrons. The van der Waals surface area contributed by atoms with Crippen molar-refractivity contribution in [1.82, 2.24) is 19.9 Å². The van der Waals surface area contributed by atoms with Crippen molar-refractivity contribution in [3.8, 4) is 11.9 Å². The molecule has 1 aromatic carbocycles. The molecule has 0 saturated carbocycles. The van der Waals surface area contributed by atoms with Gasteiger partial charge in [-0.2, -0.15) is 5.26 Å². The van der Waals surface area contributed by atoms with Gasteiger partial charge in [-0.25, -0.2) is 9.97 Å². The van der Waals surface area contributed by atoms with E-state index in [4.69, 9.17) is 10.00 Å². The van der Waals surface area contributed by atoms with Gasteiger partial charge in [-0.1, -0.05) is 6.07 Å². The molecule has 3 heterocycles. The Bertz CT molecular complexity index is 975. The van der Waals surface area contributed by atoms with Crippen LogP contribution < -0.4 is 4.74 Å². The number of amides is 1. The molecule has 25 heavy (non-hydrogen) atoms. The van der Waals surface area contributed by atoms with E-state index in [9.17, 15) is 4.79 Å². The smallest absolute Gasteiger partial charge is 0.254 e. The van der Waals surface area contributed by atoms with Crippen LogP contribution in [-0.2, 0) is 0 Å². The Morgan fingerprint density at radius 1 is 1.32 bits per heavy atom. The molecule has 7 nitrogen and oxygen atoms in total. The van der Waals surface area contributed by atoms with Gasteiger partial charge in [-0.05, 0) is 23.6 Å². The topological polar surface area (TPSA) is 94.9 Å². The molecule has 0 spiro atoms. The first kappa shape index (κ1) is 15.1. The number of ether oxygens (including phenoxy) is 1. The molecule has 1 atom stereocenters. The molecule has 0 bridgehead atoms. The average molecular weight is 333 g/mol. The van der Waals surface area contributed by atoms with Crippen molar-refractivity contribution >= 4 is 16.8 Å². The maximum absolute atomic E-state index is 12.7. The number of carbonyl (C=O) groups excluding carboxylic acids is 1. The lowest BCUT2D eigenvalue weighted by Crippen LogP contribution is -2.31. The lowest BCUT2D eigenvalue weighted by molar-refractivity contribution is 0.0771. The van der Waals surface area contributed by atoms with Gasteiger partial charge in [0.05, 0.1) is 6.54 Å². The zero-order valence-electron chi connectivity index (χ0n) is 13.3. The van der Waals surface area contributed by atoms with Gasteiger partial charge in [0.25, 0.3) is 11.8 Å². The van der Waals surface area contributed by atoms with Crippen LogP contribution in [0.1, 0.15) is 22.5 Å². The van der Waals surface area contributed by atoms with Gasteiger partial charge in [0.2, 0.25) is 5.69 Å². The van der Waals surface area contributed by atoms with Gasteiger partial charge < -0.3 is 14.6 Å². The number of hydrogen-bond acceptors (Lipinski definition) is 5. The first-order valence-electron chi connectivity index (χ1n) is 7.99. The van der Waals surface area contributed by atoms with E-state index in [0.717, 1.165) is 10.9 Å². The van der Waals surface area contributed by atoms with Crippen LogP contribution in [0.2, 0.25) is 0 Å². The van der Waals surface area contributed by atoms with Crippen molar-refractivity contribution < 1.29 is 9.53 Å². The predicted molar refractivity (Wildman–Crippen MR) is 90.0 cm³/mol. The van der Waals surface area contributed by atoms with E-state index in [-0.39, 0.29) is 23.6 Å². The van der Waals surface area contributed by atoms with Gasteiger partial charge in [0, 0.05) is 42.6 Å². The highest BCUT2D eigenvalue weighted by Gasteiger charge is 2.29. The number of likely N-dealkylation sites (tertiary alicyclic amines) is 1. The van der Waals surface area contributed by atoms with Crippen molar-refractivity contribution in [2.45, 2.75) is 12.5 Å². The molecule has 1 aliphatic heterocycles. The summed E-state index contributed by atoms with van der Waals surface area (Å²) in [5.74, 6) is 0.194. The number of nitriles is 1. The summed E-state index contributed by atoms with van der Waals surface area (Å²) in [6, 6.07) is 9.56. The van der Waals surface area contributed by atoms with Gasteiger partial charge >= 0.3 is 0 Å². The fourth-order valence-electron chi connectivity index (χ4n) is 3.02. The number of nitrogens with one attached hydrogen (secondary N) is 1. The van der Waals surface area contributed by atoms with E-state index in [1.54, 1.807) is 4.90 Å². The summed E-state index contributed by atoms with van der Waals surface area (Å²) in [4.78, 5) is 25.6. The Balaban J connectivity index is 1.46. The molecule has 4 rings (SSSR count). The van der Waals surface area contributed by atoms with E-state index < -0.39 is 0 Å². The predicted octanol–water partition coefficient (Wildman–Crippen LogP) is 2.12. The molecule has 1 N–H and O–H groups in total. The Hall–Kier alpha value is -3.40. The molecule has 3 aromatic rings. The number of benzene rings is 1. The maximum atomic E-state index is 12.7. The van der Waals surface area contributed by atoms with E-state index in [1.807, 2.05) is 36.5 Å². The van der Waals surface area contributed by atoms with Crippen molar-refractivity contribution in [3.05, 3.63) is 54.1 Å². The summed E-state index contributed by atoms with van der Waals surface area (Å²) in [5, 5.41) is 10.1. The van der Waals surface area contributed by atoms with Gasteiger partial charge in [-0.3, -0.25) is 4.79 Å². The highest BCUT2D eigenvalue weighted by molar-refractivity contribution is 5.98. The Morgan fingerprint density at radius 2 is 2.20 bits per heavy atom. The van der Waals surface area contributed by atoms with Gasteiger partial charge in [0.15, 0.2) is 0 Å². The van der Waals surface area contributed by atoms with Gasteiger partial charge in [0.1, 0.15) is 12.2 Å². The number of nitrogens with zero attached hydrogens (tertiary/aromatic N) is 4. The van der Waals surface area contributed by atoms with Crippen LogP contribution in [0.15, 0.2) is 42.9 Å². The first-order chi connectivity index (χ1) is 12.2. The summed E-state index contributed by atoms with van der Waals surface area (Å²) in [6.45, 7) is 1.07. The lowest BCUT2D eigenvalue weighted by Gasteiger charge is -2.17. The van der Waals surface area contributed by atoms with Crippen LogP contribution in [0.4, 0.5) is 0 Å². The SMILES string of the molecule is N#Cc1nccnc1O[C@H]1CCN(C(=O)c2ccc3cc[nH]c3c2)C1. The second-order valence-electron chi connectivity index (χ2n) is 5.88. The zero-order valence-corrected chi connectivity index (χ0v) is 13.3. The van der Waals surface area contributed by atoms with Crippen molar-refractivity contribution in [2.75, 3.05) is 13.1 Å². The second-order valence-corrected chi connectivity index (χ2v) is 5.88. The third-order valence-corrected chi connectivity index (χ3v) is 4.28. The molecule has 7 heteroatoms. The van der Waals surface area contributed by atoms with Crippen molar-refractivity contribution in [2.24, 2.45) is 0 Å². The Kier molecular flexibility index (Phi) is 3.78. The number of aromatic amines is 1. The minimum Gasteiger partial charge on any atom is -0.470 e. The Morgan fingerprint density at radius 3 is 3.08 bits per heavy atom. The fraction of sp³-hybridized carbons (Fsp3) is 0.222. The zero-order chi connectivity index (χ0) is 17.2. The van der Waals surface area contributed by atoms with Crippen LogP contribution in [0, 0.1) is 11.3 Å². The number of aromatic nitrogens is 3. The molecule has 2 aromatic heterocycles. The van der Waals surface area contributed by atoms with Crippen molar-refractivity contribution in [3.63, 3.8) is 0 Å². The number of hydrogen-bond donors (Lipinski definition) is 1. The largest absolute Gasteiger partial charge is 0.470 e. The molecule has 0 aliphatic carbocycles.